The van der Waals surface area contributed by atoms with Crippen LogP contribution in [0.3, 0.4) is 0 Å². The van der Waals surface area contributed by atoms with Gasteiger partial charge in [0.25, 0.3) is 0 Å². The van der Waals surface area contributed by atoms with Crippen LogP contribution < -0.4 is 9.47 Å². The second kappa shape index (κ2) is 8.03. The lowest BCUT2D eigenvalue weighted by Gasteiger charge is -2.16. The number of aromatic hydroxyl groups is 1. The first-order valence-electron chi connectivity index (χ1n) is 7.35. The Morgan fingerprint density at radius 3 is 2.42 bits per heavy atom. The lowest BCUT2D eigenvalue weighted by Crippen LogP contribution is -2.01. The van der Waals surface area contributed by atoms with Gasteiger partial charge in [-0.3, -0.25) is 4.57 Å². The highest BCUT2D eigenvalue weighted by Crippen LogP contribution is 2.45. The Hall–Kier alpha value is -1.50. The summed E-state index contributed by atoms with van der Waals surface area (Å²) in [7, 11) is -4.49. The molecule has 0 atom stereocenters. The van der Waals surface area contributed by atoms with Gasteiger partial charge in [-0.2, -0.15) is 0 Å². The number of phenols is 1. The smallest absolute Gasteiger partial charge is 0.362 e. The number of hydrogen-bond donors (Lipinski definition) is 3. The van der Waals surface area contributed by atoms with Gasteiger partial charge in [0.15, 0.2) is 12.1 Å². The molecule has 0 bridgehead atoms. The van der Waals surface area contributed by atoms with E-state index in [2.05, 4.69) is 0 Å². The Bertz CT molecular complexity index is 868. The lowest BCUT2D eigenvalue weighted by molar-refractivity contribution is 0.299. The molecule has 142 valence electrons. The van der Waals surface area contributed by atoms with Crippen molar-refractivity contribution in [1.82, 2.24) is 0 Å². The number of phenolic OH excluding ortho intramolecular Hbond substituents is 1. The van der Waals surface area contributed by atoms with Crippen molar-refractivity contribution in [1.29, 1.82) is 0 Å². The van der Waals surface area contributed by atoms with Gasteiger partial charge in [0.2, 0.25) is 0 Å². The van der Waals surface area contributed by atoms with Crippen LogP contribution in [0.2, 0.25) is 10.0 Å². The summed E-state index contributed by atoms with van der Waals surface area (Å²) >= 11 is 12.0. The fourth-order valence-corrected chi connectivity index (χ4v) is 2.87. The standard InChI is InChI=1S/C16H16Cl2FO6P/c1-8(2)10-5-9(3-4-12(10)20)25-16-14(17)11(19)6-13(15(16)18)24-7-26(21,22)23/h3-6,8,20H,7H2,1-2H3,(H2,21,22,23). The van der Waals surface area contributed by atoms with Gasteiger partial charge in [0.05, 0.1) is 0 Å². The van der Waals surface area contributed by atoms with E-state index in [1.165, 1.54) is 12.1 Å². The summed E-state index contributed by atoms with van der Waals surface area (Å²) < 4.78 is 35.4. The van der Waals surface area contributed by atoms with Crippen LogP contribution >= 0.6 is 30.8 Å². The van der Waals surface area contributed by atoms with Crippen LogP contribution in [-0.2, 0) is 4.57 Å². The van der Waals surface area contributed by atoms with Gasteiger partial charge < -0.3 is 24.4 Å². The molecule has 2 aromatic carbocycles. The highest BCUT2D eigenvalue weighted by molar-refractivity contribution is 7.51. The number of hydrogen-bond acceptors (Lipinski definition) is 4. The predicted octanol–water partition coefficient (Wildman–Crippen LogP) is 5.27. The summed E-state index contributed by atoms with van der Waals surface area (Å²) in [4.78, 5) is 17.8. The van der Waals surface area contributed by atoms with Crippen molar-refractivity contribution in [3.05, 3.63) is 45.7 Å². The Morgan fingerprint density at radius 1 is 1.19 bits per heavy atom. The highest BCUT2D eigenvalue weighted by atomic mass is 35.5. The van der Waals surface area contributed by atoms with E-state index < -0.39 is 24.8 Å². The molecule has 0 heterocycles. The average molecular weight is 425 g/mol. The van der Waals surface area contributed by atoms with Crippen molar-refractivity contribution in [2.24, 2.45) is 0 Å². The van der Waals surface area contributed by atoms with Crippen LogP contribution in [0.4, 0.5) is 4.39 Å². The van der Waals surface area contributed by atoms with E-state index in [1.807, 2.05) is 13.8 Å². The zero-order valence-corrected chi connectivity index (χ0v) is 16.1. The number of benzene rings is 2. The van der Waals surface area contributed by atoms with Crippen molar-refractivity contribution in [3.63, 3.8) is 0 Å². The van der Waals surface area contributed by atoms with E-state index in [9.17, 15) is 14.1 Å². The fourth-order valence-electron chi connectivity index (χ4n) is 2.08. The summed E-state index contributed by atoms with van der Waals surface area (Å²) in [6.07, 6.45) is -0.982. The molecule has 2 rings (SSSR count). The largest absolute Gasteiger partial charge is 0.508 e. The summed E-state index contributed by atoms with van der Waals surface area (Å²) in [5, 5.41) is 9.19. The summed E-state index contributed by atoms with van der Waals surface area (Å²) in [6.45, 7) is 3.74. The summed E-state index contributed by atoms with van der Waals surface area (Å²) in [5.74, 6) is -1.21. The molecule has 0 spiro atoms. The second-order valence-corrected chi connectivity index (χ2v) is 8.07. The van der Waals surface area contributed by atoms with E-state index in [4.69, 9.17) is 42.5 Å². The Kier molecular flexibility index (Phi) is 6.42. The van der Waals surface area contributed by atoms with Crippen molar-refractivity contribution in [2.45, 2.75) is 19.8 Å². The van der Waals surface area contributed by atoms with Crippen LogP contribution in [0, 0.1) is 5.82 Å². The van der Waals surface area contributed by atoms with Crippen LogP contribution in [0.15, 0.2) is 24.3 Å². The lowest BCUT2D eigenvalue weighted by atomic mass is 10.0. The third-order valence-electron chi connectivity index (χ3n) is 3.31. The minimum absolute atomic E-state index is 0.000787. The first-order chi connectivity index (χ1) is 12.0. The maximum absolute atomic E-state index is 14.0. The minimum Gasteiger partial charge on any atom is -0.508 e. The fraction of sp³-hybridized carbons (Fsp3) is 0.250. The monoisotopic (exact) mass is 424 g/mol. The predicted molar refractivity (Wildman–Crippen MR) is 96.2 cm³/mol. The molecule has 2 aromatic rings. The molecule has 6 nitrogen and oxygen atoms in total. The first-order valence-corrected chi connectivity index (χ1v) is 9.90. The van der Waals surface area contributed by atoms with E-state index in [-0.39, 0.29) is 33.9 Å². The highest BCUT2D eigenvalue weighted by Gasteiger charge is 2.22. The van der Waals surface area contributed by atoms with Crippen LogP contribution in [0.1, 0.15) is 25.3 Å². The Labute approximate surface area is 159 Å². The molecule has 0 saturated carbocycles. The Balaban J connectivity index is 2.41. The normalized spacial score (nSPS) is 11.7. The van der Waals surface area contributed by atoms with Crippen molar-refractivity contribution in [2.75, 3.05) is 6.35 Å². The van der Waals surface area contributed by atoms with Gasteiger partial charge in [-0.05, 0) is 24.1 Å². The molecular weight excluding hydrogens is 409 g/mol. The van der Waals surface area contributed by atoms with E-state index in [0.717, 1.165) is 6.07 Å². The summed E-state index contributed by atoms with van der Waals surface area (Å²) in [6, 6.07) is 5.21. The first kappa shape index (κ1) is 20.8. The van der Waals surface area contributed by atoms with Gasteiger partial charge >= 0.3 is 7.60 Å². The minimum atomic E-state index is -4.49. The number of ether oxygens (including phenoxy) is 2. The number of halogens is 3. The molecule has 0 aliphatic carbocycles. The van der Waals surface area contributed by atoms with Crippen LogP contribution in [0.25, 0.3) is 0 Å². The average Bonchev–Trinajstić information content (AvgIpc) is 2.54. The molecule has 0 radical (unpaired) electrons. The number of rotatable bonds is 6. The SMILES string of the molecule is CC(C)c1cc(Oc2c(Cl)c(F)cc(OCP(=O)(O)O)c2Cl)ccc1O. The van der Waals surface area contributed by atoms with E-state index in [0.29, 0.717) is 5.56 Å². The quantitative estimate of drug-likeness (QED) is 0.431. The molecule has 26 heavy (non-hydrogen) atoms. The molecular formula is C16H16Cl2FO6P. The molecule has 0 fully saturated rings. The molecule has 3 N–H and O–H groups in total. The van der Waals surface area contributed by atoms with Crippen molar-refractivity contribution >= 4 is 30.8 Å². The third-order valence-corrected chi connectivity index (χ3v) is 4.49. The molecule has 0 unspecified atom stereocenters. The molecule has 0 aromatic heterocycles. The second-order valence-electron chi connectivity index (χ2n) is 5.73. The zero-order valence-electron chi connectivity index (χ0n) is 13.7. The van der Waals surface area contributed by atoms with Gasteiger partial charge in [-0.1, -0.05) is 37.0 Å². The van der Waals surface area contributed by atoms with Gasteiger partial charge in [0, 0.05) is 11.6 Å². The van der Waals surface area contributed by atoms with Crippen LogP contribution in [0.5, 0.6) is 23.0 Å². The van der Waals surface area contributed by atoms with Gasteiger partial charge in [-0.15, -0.1) is 0 Å². The van der Waals surface area contributed by atoms with E-state index in [1.54, 1.807) is 6.07 Å². The third kappa shape index (κ3) is 5.02. The van der Waals surface area contributed by atoms with Crippen molar-refractivity contribution < 1.29 is 33.3 Å². The maximum atomic E-state index is 14.0. The van der Waals surface area contributed by atoms with E-state index >= 15 is 0 Å². The molecule has 0 amide bonds. The Morgan fingerprint density at radius 2 is 1.85 bits per heavy atom. The molecule has 0 saturated heterocycles. The maximum Gasteiger partial charge on any atom is 0.362 e. The van der Waals surface area contributed by atoms with Crippen LogP contribution in [-0.4, -0.2) is 21.2 Å². The molecule has 0 aliphatic rings. The van der Waals surface area contributed by atoms with Gasteiger partial charge in [0.1, 0.15) is 33.1 Å². The topological polar surface area (TPSA) is 96.2 Å². The van der Waals surface area contributed by atoms with Gasteiger partial charge in [-0.25, -0.2) is 4.39 Å². The zero-order chi connectivity index (χ0) is 19.6. The van der Waals surface area contributed by atoms with Crippen molar-refractivity contribution in [3.8, 4) is 23.0 Å². The molecule has 0 aliphatic heterocycles. The molecule has 10 heteroatoms. The summed E-state index contributed by atoms with van der Waals surface area (Å²) in [5.41, 5.74) is 0.601.